The Bertz CT molecular complexity index is 268. The summed E-state index contributed by atoms with van der Waals surface area (Å²) in [7, 11) is 0. The van der Waals surface area contributed by atoms with E-state index in [1.165, 1.54) is 0 Å². The van der Waals surface area contributed by atoms with E-state index in [-0.39, 0.29) is 18.9 Å². The van der Waals surface area contributed by atoms with Crippen LogP contribution in [0.2, 0.25) is 0 Å². The molecule has 0 bridgehead atoms. The molecule has 0 aromatic heterocycles. The zero-order chi connectivity index (χ0) is 13.6. The molecule has 0 spiro atoms. The quantitative estimate of drug-likeness (QED) is 0.676. The van der Waals surface area contributed by atoms with Gasteiger partial charge in [0.25, 0.3) is 0 Å². The predicted octanol–water partition coefficient (Wildman–Crippen LogP) is -0.252. The van der Waals surface area contributed by atoms with Crippen molar-refractivity contribution in [1.29, 1.82) is 0 Å². The minimum atomic E-state index is -4.62. The number of morpholine rings is 1. The summed E-state index contributed by atoms with van der Waals surface area (Å²) in [6, 6.07) is 0. The van der Waals surface area contributed by atoms with Crippen molar-refractivity contribution in [3.63, 3.8) is 0 Å². The molecule has 0 aliphatic carbocycles. The highest BCUT2D eigenvalue weighted by Crippen LogP contribution is 2.19. The van der Waals surface area contributed by atoms with Gasteiger partial charge in [0.15, 0.2) is 6.10 Å². The monoisotopic (exact) mass is 270 g/mol. The first-order chi connectivity index (χ1) is 8.41. The highest BCUT2D eigenvalue weighted by molar-refractivity contribution is 5.76. The number of aliphatic hydroxyl groups excluding tert-OH is 1. The number of nitrogens with one attached hydrogen (secondary N) is 1. The van der Waals surface area contributed by atoms with Crippen LogP contribution in [0.4, 0.5) is 13.2 Å². The largest absolute Gasteiger partial charge is 0.415 e. The van der Waals surface area contributed by atoms with Crippen molar-refractivity contribution in [3.05, 3.63) is 0 Å². The van der Waals surface area contributed by atoms with E-state index in [1.54, 1.807) is 4.90 Å². The lowest BCUT2D eigenvalue weighted by Gasteiger charge is -2.27. The van der Waals surface area contributed by atoms with Crippen LogP contribution in [0.25, 0.3) is 0 Å². The van der Waals surface area contributed by atoms with Gasteiger partial charge in [-0.1, -0.05) is 0 Å². The highest BCUT2D eigenvalue weighted by Gasteiger charge is 2.37. The van der Waals surface area contributed by atoms with Gasteiger partial charge in [-0.25, -0.2) is 0 Å². The van der Waals surface area contributed by atoms with E-state index in [9.17, 15) is 18.0 Å². The highest BCUT2D eigenvalue weighted by atomic mass is 19.4. The number of halogens is 3. The van der Waals surface area contributed by atoms with Crippen molar-refractivity contribution in [2.24, 2.45) is 0 Å². The van der Waals surface area contributed by atoms with E-state index in [0.717, 1.165) is 0 Å². The summed E-state index contributed by atoms with van der Waals surface area (Å²) in [6.07, 6.45) is -6.90. The number of nitrogens with zero attached hydrogens (tertiary/aromatic N) is 1. The summed E-state index contributed by atoms with van der Waals surface area (Å²) in [4.78, 5) is 13.2. The smallest absolute Gasteiger partial charge is 0.382 e. The number of carbonyl (C=O) groups excluding carboxylic acids is 1. The summed E-state index contributed by atoms with van der Waals surface area (Å²) in [5, 5.41) is 11.1. The third-order valence-corrected chi connectivity index (χ3v) is 2.59. The van der Waals surface area contributed by atoms with E-state index in [4.69, 9.17) is 9.84 Å². The first kappa shape index (κ1) is 15.2. The minimum absolute atomic E-state index is 0.114. The molecule has 1 fully saturated rings. The number of amides is 1. The van der Waals surface area contributed by atoms with E-state index >= 15 is 0 Å². The van der Waals surface area contributed by atoms with E-state index in [0.29, 0.717) is 26.3 Å². The molecule has 106 valence electrons. The number of hydrogen-bond donors (Lipinski definition) is 2. The van der Waals surface area contributed by atoms with Crippen LogP contribution in [0.1, 0.15) is 6.42 Å². The van der Waals surface area contributed by atoms with Gasteiger partial charge in [-0.3, -0.25) is 4.79 Å². The molecule has 1 rings (SSSR count). The molecule has 1 amide bonds. The molecule has 2 N–H and O–H groups in total. The Morgan fingerprint density at radius 1 is 1.39 bits per heavy atom. The fourth-order valence-electron chi connectivity index (χ4n) is 1.52. The molecule has 0 saturated carbocycles. The van der Waals surface area contributed by atoms with Crippen LogP contribution >= 0.6 is 0 Å². The van der Waals surface area contributed by atoms with Gasteiger partial charge in [0.05, 0.1) is 13.2 Å². The fraction of sp³-hybridized carbons (Fsp3) is 0.900. The molecule has 0 radical (unpaired) electrons. The zero-order valence-corrected chi connectivity index (χ0v) is 9.87. The second-order valence-electron chi connectivity index (χ2n) is 4.00. The summed E-state index contributed by atoms with van der Waals surface area (Å²) < 4.78 is 40.9. The third-order valence-electron chi connectivity index (χ3n) is 2.59. The second kappa shape index (κ2) is 6.91. The molecule has 1 aliphatic heterocycles. The number of hydrogen-bond acceptors (Lipinski definition) is 4. The standard InChI is InChI=1S/C10H17F3N2O3/c11-10(12,13)8(16)7-14-2-1-9(17)15-3-5-18-6-4-15/h8,14,16H,1-7H2. The van der Waals surface area contributed by atoms with Crippen LogP contribution in [0.3, 0.4) is 0 Å². The van der Waals surface area contributed by atoms with Gasteiger partial charge < -0.3 is 20.1 Å². The maximum atomic E-state index is 11.9. The normalized spacial score (nSPS) is 18.8. The van der Waals surface area contributed by atoms with Crippen molar-refractivity contribution in [2.45, 2.75) is 18.7 Å². The summed E-state index contributed by atoms with van der Waals surface area (Å²) in [6.45, 7) is 1.54. The number of rotatable bonds is 5. The van der Waals surface area contributed by atoms with Crippen LogP contribution in [-0.4, -0.2) is 67.6 Å². The van der Waals surface area contributed by atoms with Crippen molar-refractivity contribution < 1.29 is 27.8 Å². The Labute approximate surface area is 103 Å². The molecular weight excluding hydrogens is 253 g/mol. The van der Waals surface area contributed by atoms with Crippen molar-refractivity contribution >= 4 is 5.91 Å². The Kier molecular flexibility index (Phi) is 5.83. The molecule has 5 nitrogen and oxygen atoms in total. The van der Waals surface area contributed by atoms with E-state index < -0.39 is 18.8 Å². The van der Waals surface area contributed by atoms with Gasteiger partial charge in [0.2, 0.25) is 5.91 Å². The summed E-state index contributed by atoms with van der Waals surface area (Å²) in [5.74, 6) is -0.118. The molecular formula is C10H17F3N2O3. The number of alkyl halides is 3. The Hall–Kier alpha value is -0.860. The van der Waals surface area contributed by atoms with Crippen molar-refractivity contribution in [1.82, 2.24) is 10.2 Å². The lowest BCUT2D eigenvalue weighted by atomic mass is 10.3. The zero-order valence-electron chi connectivity index (χ0n) is 9.87. The Morgan fingerprint density at radius 2 is 2.00 bits per heavy atom. The average Bonchev–Trinajstić information content (AvgIpc) is 2.34. The summed E-state index contributed by atoms with van der Waals surface area (Å²) >= 11 is 0. The van der Waals surface area contributed by atoms with Crippen molar-refractivity contribution in [2.75, 3.05) is 39.4 Å². The number of aliphatic hydroxyl groups is 1. The molecule has 1 unspecified atom stereocenters. The van der Waals surface area contributed by atoms with Gasteiger partial charge in [0, 0.05) is 32.6 Å². The molecule has 1 saturated heterocycles. The van der Waals surface area contributed by atoms with Gasteiger partial charge in [-0.2, -0.15) is 13.2 Å². The SMILES string of the molecule is O=C(CCNCC(O)C(F)(F)F)N1CCOCC1. The first-order valence-electron chi connectivity index (χ1n) is 5.72. The molecule has 18 heavy (non-hydrogen) atoms. The van der Waals surface area contributed by atoms with Gasteiger partial charge in [0.1, 0.15) is 0 Å². The number of carbonyl (C=O) groups is 1. The maximum Gasteiger partial charge on any atom is 0.415 e. The fourth-order valence-corrected chi connectivity index (χ4v) is 1.52. The second-order valence-corrected chi connectivity index (χ2v) is 4.00. The summed E-state index contributed by atoms with van der Waals surface area (Å²) in [5.41, 5.74) is 0. The maximum absolute atomic E-state index is 11.9. The van der Waals surface area contributed by atoms with Crippen LogP contribution in [0.5, 0.6) is 0 Å². The Balaban J connectivity index is 2.12. The van der Waals surface area contributed by atoms with E-state index in [1.807, 2.05) is 0 Å². The molecule has 8 heteroatoms. The minimum Gasteiger partial charge on any atom is -0.382 e. The van der Waals surface area contributed by atoms with Gasteiger partial charge in [-0.05, 0) is 0 Å². The van der Waals surface area contributed by atoms with Crippen LogP contribution in [0, 0.1) is 0 Å². The molecule has 1 atom stereocenters. The molecule has 0 aromatic rings. The van der Waals surface area contributed by atoms with Gasteiger partial charge in [-0.15, -0.1) is 0 Å². The van der Waals surface area contributed by atoms with Crippen molar-refractivity contribution in [3.8, 4) is 0 Å². The predicted molar refractivity (Wildman–Crippen MR) is 56.9 cm³/mol. The molecule has 1 heterocycles. The topological polar surface area (TPSA) is 61.8 Å². The first-order valence-corrected chi connectivity index (χ1v) is 5.72. The Morgan fingerprint density at radius 3 is 2.56 bits per heavy atom. The lowest BCUT2D eigenvalue weighted by Crippen LogP contribution is -2.43. The average molecular weight is 270 g/mol. The third kappa shape index (κ3) is 5.19. The molecule has 0 aromatic carbocycles. The van der Waals surface area contributed by atoms with Crippen LogP contribution < -0.4 is 5.32 Å². The lowest BCUT2D eigenvalue weighted by molar-refractivity contribution is -0.201. The molecule has 1 aliphatic rings. The van der Waals surface area contributed by atoms with Gasteiger partial charge >= 0.3 is 6.18 Å². The van der Waals surface area contributed by atoms with E-state index in [2.05, 4.69) is 5.32 Å². The van der Waals surface area contributed by atoms with Crippen LogP contribution in [-0.2, 0) is 9.53 Å². The number of ether oxygens (including phenoxy) is 1. The van der Waals surface area contributed by atoms with Crippen LogP contribution in [0.15, 0.2) is 0 Å².